The second kappa shape index (κ2) is 10.3. The number of amides is 1. The second-order valence-electron chi connectivity index (χ2n) is 8.12. The van der Waals surface area contributed by atoms with E-state index in [-0.39, 0.29) is 4.90 Å². The number of hydrazone groups is 1. The summed E-state index contributed by atoms with van der Waals surface area (Å²) in [5, 5.41) is 6.48. The monoisotopic (exact) mass is 505 g/mol. The molecule has 0 unspecified atom stereocenters. The van der Waals surface area contributed by atoms with E-state index in [4.69, 9.17) is 11.6 Å². The zero-order valence-corrected chi connectivity index (χ0v) is 20.8. The van der Waals surface area contributed by atoms with Gasteiger partial charge in [0.05, 0.1) is 16.8 Å². The van der Waals surface area contributed by atoms with Gasteiger partial charge in [-0.05, 0) is 54.4 Å². The Morgan fingerprint density at radius 1 is 0.971 bits per heavy atom. The molecule has 0 atom stereocenters. The minimum atomic E-state index is -4.05. The molecular formula is C27H24ClN3O3S. The average molecular weight is 506 g/mol. The topological polar surface area (TPSA) is 78.8 Å². The minimum Gasteiger partial charge on any atom is -0.271 e. The number of nitrogens with one attached hydrogen (secondary N) is 1. The lowest BCUT2D eigenvalue weighted by Gasteiger charge is -2.25. The molecule has 0 fully saturated rings. The van der Waals surface area contributed by atoms with Gasteiger partial charge >= 0.3 is 0 Å². The van der Waals surface area contributed by atoms with E-state index in [1.165, 1.54) is 18.2 Å². The van der Waals surface area contributed by atoms with Crippen LogP contribution in [-0.2, 0) is 14.8 Å². The highest BCUT2D eigenvalue weighted by Gasteiger charge is 2.28. The van der Waals surface area contributed by atoms with Crippen molar-refractivity contribution in [3.05, 3.63) is 107 Å². The van der Waals surface area contributed by atoms with E-state index < -0.39 is 22.5 Å². The van der Waals surface area contributed by atoms with Crippen molar-refractivity contribution < 1.29 is 13.2 Å². The fourth-order valence-corrected chi connectivity index (χ4v) is 5.33. The summed E-state index contributed by atoms with van der Waals surface area (Å²) in [4.78, 5) is 12.9. The molecule has 0 aliphatic carbocycles. The number of halogens is 1. The molecule has 4 rings (SSSR count). The number of fused-ring (bicyclic) bond motifs is 1. The number of hydrogen-bond acceptors (Lipinski definition) is 4. The van der Waals surface area contributed by atoms with Crippen LogP contribution in [0, 0.1) is 13.8 Å². The molecule has 1 amide bonds. The molecule has 0 aliphatic rings. The van der Waals surface area contributed by atoms with Crippen molar-refractivity contribution in [1.29, 1.82) is 0 Å². The van der Waals surface area contributed by atoms with Crippen LogP contribution in [0.2, 0.25) is 5.02 Å². The molecule has 8 heteroatoms. The summed E-state index contributed by atoms with van der Waals surface area (Å²) in [6.07, 6.45) is 1.55. The van der Waals surface area contributed by atoms with Gasteiger partial charge in [0.25, 0.3) is 15.9 Å². The number of hydrogen-bond donors (Lipinski definition) is 1. The molecular weight excluding hydrogens is 482 g/mol. The van der Waals surface area contributed by atoms with Crippen LogP contribution in [0.3, 0.4) is 0 Å². The van der Waals surface area contributed by atoms with Crippen LogP contribution in [0.4, 0.5) is 5.69 Å². The van der Waals surface area contributed by atoms with Gasteiger partial charge in [-0.25, -0.2) is 13.8 Å². The highest BCUT2D eigenvalue weighted by atomic mass is 35.5. The lowest BCUT2D eigenvalue weighted by molar-refractivity contribution is -0.119. The molecule has 0 saturated carbocycles. The Bertz CT molecular complexity index is 1510. The first-order valence-corrected chi connectivity index (χ1v) is 12.7. The Balaban J connectivity index is 1.61. The Kier molecular flexibility index (Phi) is 7.19. The van der Waals surface area contributed by atoms with Crippen molar-refractivity contribution >= 4 is 50.2 Å². The highest BCUT2D eigenvalue weighted by molar-refractivity contribution is 7.92. The average Bonchev–Trinajstić information content (AvgIpc) is 2.84. The van der Waals surface area contributed by atoms with Crippen LogP contribution in [0.25, 0.3) is 10.8 Å². The fraction of sp³-hybridized carbons (Fsp3) is 0.111. The molecule has 178 valence electrons. The van der Waals surface area contributed by atoms with Crippen LogP contribution in [0.5, 0.6) is 0 Å². The highest BCUT2D eigenvalue weighted by Crippen LogP contribution is 2.29. The summed E-state index contributed by atoms with van der Waals surface area (Å²) < 4.78 is 28.2. The predicted octanol–water partition coefficient (Wildman–Crippen LogP) is 5.46. The van der Waals surface area contributed by atoms with Gasteiger partial charge in [0.2, 0.25) is 0 Å². The number of carbonyl (C=O) groups excluding carboxylic acids is 1. The van der Waals surface area contributed by atoms with E-state index in [0.29, 0.717) is 16.3 Å². The lowest BCUT2D eigenvalue weighted by atomic mass is 10.1. The molecule has 35 heavy (non-hydrogen) atoms. The summed E-state index contributed by atoms with van der Waals surface area (Å²) in [6.45, 7) is 3.17. The number of rotatable bonds is 7. The van der Waals surface area contributed by atoms with Crippen LogP contribution in [0.1, 0.15) is 16.7 Å². The fourth-order valence-electron chi connectivity index (χ4n) is 3.69. The molecule has 4 aromatic carbocycles. The van der Waals surface area contributed by atoms with Gasteiger partial charge in [0.15, 0.2) is 0 Å². The molecule has 0 spiro atoms. The van der Waals surface area contributed by atoms with E-state index in [9.17, 15) is 13.2 Å². The molecule has 6 nitrogen and oxygen atoms in total. The van der Waals surface area contributed by atoms with Gasteiger partial charge < -0.3 is 0 Å². The lowest BCUT2D eigenvalue weighted by Crippen LogP contribution is -2.40. The first-order chi connectivity index (χ1) is 16.8. The summed E-state index contributed by atoms with van der Waals surface area (Å²) in [7, 11) is -4.05. The maximum absolute atomic E-state index is 13.5. The Morgan fingerprint density at radius 2 is 1.69 bits per heavy atom. The summed E-state index contributed by atoms with van der Waals surface area (Å²) in [5.41, 5.74) is 5.20. The van der Waals surface area contributed by atoms with Gasteiger partial charge in [-0.15, -0.1) is 0 Å². The zero-order chi connectivity index (χ0) is 25.0. The van der Waals surface area contributed by atoms with Crippen molar-refractivity contribution in [2.45, 2.75) is 18.7 Å². The molecule has 0 aromatic heterocycles. The van der Waals surface area contributed by atoms with E-state index in [1.807, 2.05) is 49.4 Å². The normalized spacial score (nSPS) is 11.6. The SMILES string of the molecule is Cc1ccc(S(=O)(=O)N(CC(=O)NN=Cc2cccc3ccccc23)c2cc(Cl)ccc2C)cc1. The van der Waals surface area contributed by atoms with Crippen molar-refractivity contribution in [3.8, 4) is 0 Å². The minimum absolute atomic E-state index is 0.0783. The van der Waals surface area contributed by atoms with E-state index in [0.717, 1.165) is 26.2 Å². The number of nitrogens with zero attached hydrogens (tertiary/aromatic N) is 2. The Hall–Kier alpha value is -3.68. The van der Waals surface area contributed by atoms with Gasteiger partial charge in [-0.1, -0.05) is 77.8 Å². The largest absolute Gasteiger partial charge is 0.271 e. The van der Waals surface area contributed by atoms with Crippen molar-refractivity contribution in [2.24, 2.45) is 5.10 Å². The number of sulfonamides is 1. The Morgan fingerprint density at radius 3 is 2.46 bits per heavy atom. The third-order valence-corrected chi connectivity index (χ3v) is 7.56. The molecule has 0 radical (unpaired) electrons. The molecule has 0 heterocycles. The van der Waals surface area contributed by atoms with E-state index in [2.05, 4.69) is 10.5 Å². The van der Waals surface area contributed by atoms with Gasteiger partial charge in [0, 0.05) is 10.6 Å². The molecule has 4 aromatic rings. The van der Waals surface area contributed by atoms with E-state index >= 15 is 0 Å². The Labute approximate surface area is 209 Å². The number of benzene rings is 4. The first-order valence-electron chi connectivity index (χ1n) is 10.9. The zero-order valence-electron chi connectivity index (χ0n) is 19.3. The summed E-state index contributed by atoms with van der Waals surface area (Å²) in [5.74, 6) is -0.587. The second-order valence-corrected chi connectivity index (χ2v) is 10.4. The first kappa shape index (κ1) is 24.4. The van der Waals surface area contributed by atoms with E-state index in [1.54, 1.807) is 37.4 Å². The predicted molar refractivity (Wildman–Crippen MR) is 142 cm³/mol. The maximum Gasteiger partial charge on any atom is 0.264 e. The number of aryl methyl sites for hydroxylation is 2. The molecule has 0 bridgehead atoms. The van der Waals surface area contributed by atoms with Crippen LogP contribution in [-0.4, -0.2) is 27.1 Å². The molecule has 0 saturated heterocycles. The van der Waals surface area contributed by atoms with Gasteiger partial charge in [-0.2, -0.15) is 5.10 Å². The molecule has 1 N–H and O–H groups in total. The number of carbonyl (C=O) groups is 1. The quantitative estimate of drug-likeness (QED) is 0.268. The summed E-state index contributed by atoms with van der Waals surface area (Å²) >= 11 is 6.17. The standard InChI is InChI=1S/C27H24ClN3O3S/c1-19-10-14-24(15-11-19)35(33,34)31(26-16-23(28)13-12-20(26)2)18-27(32)30-29-17-22-8-5-7-21-6-3-4-9-25(21)22/h3-17H,18H2,1-2H3,(H,30,32). The summed E-state index contributed by atoms with van der Waals surface area (Å²) in [6, 6.07) is 25.0. The van der Waals surface area contributed by atoms with Gasteiger partial charge in [-0.3, -0.25) is 9.10 Å². The maximum atomic E-state index is 13.5. The third kappa shape index (κ3) is 5.53. The molecule has 0 aliphatic heterocycles. The smallest absolute Gasteiger partial charge is 0.264 e. The van der Waals surface area contributed by atoms with Crippen LogP contribution < -0.4 is 9.73 Å². The van der Waals surface area contributed by atoms with Crippen LogP contribution in [0.15, 0.2) is 94.9 Å². The van der Waals surface area contributed by atoms with Crippen molar-refractivity contribution in [3.63, 3.8) is 0 Å². The number of anilines is 1. The van der Waals surface area contributed by atoms with Gasteiger partial charge in [0.1, 0.15) is 6.54 Å². The van der Waals surface area contributed by atoms with Crippen molar-refractivity contribution in [1.82, 2.24) is 5.43 Å². The van der Waals surface area contributed by atoms with Crippen LogP contribution >= 0.6 is 11.6 Å². The third-order valence-electron chi connectivity index (χ3n) is 5.55. The van der Waals surface area contributed by atoms with Crippen molar-refractivity contribution in [2.75, 3.05) is 10.8 Å².